The summed E-state index contributed by atoms with van der Waals surface area (Å²) in [5, 5.41) is 4.20. The van der Waals surface area contributed by atoms with Crippen LogP contribution in [-0.2, 0) is 14.1 Å². The zero-order valence-electron chi connectivity index (χ0n) is 12.3. The zero-order valence-corrected chi connectivity index (χ0v) is 12.3. The smallest absolute Gasteiger partial charge is 0.224 e. The largest absolute Gasteiger partial charge is 0.340 e. The number of imidazole rings is 2. The van der Waals surface area contributed by atoms with Crippen molar-refractivity contribution >= 4 is 22.7 Å². The molecule has 1 aromatic carbocycles. The SMILES string of the molecule is C/C(=N\Nc1nc2cc(F)c(F)cc2n1C)c1cn(C)cn1. The molecule has 0 unspecified atom stereocenters. The van der Waals surface area contributed by atoms with E-state index in [1.807, 2.05) is 17.8 Å². The lowest BCUT2D eigenvalue weighted by Crippen LogP contribution is -2.03. The molecule has 0 aliphatic heterocycles. The Morgan fingerprint density at radius 2 is 1.95 bits per heavy atom. The summed E-state index contributed by atoms with van der Waals surface area (Å²) in [6.45, 7) is 1.80. The number of nitrogens with one attached hydrogen (secondary N) is 1. The lowest BCUT2D eigenvalue weighted by Gasteiger charge is -2.02. The van der Waals surface area contributed by atoms with Gasteiger partial charge in [0.2, 0.25) is 5.95 Å². The van der Waals surface area contributed by atoms with Gasteiger partial charge in [-0.15, -0.1) is 0 Å². The minimum absolute atomic E-state index is 0.356. The molecule has 0 spiro atoms. The third-order valence-corrected chi connectivity index (χ3v) is 3.32. The van der Waals surface area contributed by atoms with E-state index in [1.54, 1.807) is 24.9 Å². The van der Waals surface area contributed by atoms with Crippen LogP contribution in [0.2, 0.25) is 0 Å². The van der Waals surface area contributed by atoms with Crippen LogP contribution in [0.4, 0.5) is 14.7 Å². The molecule has 0 fully saturated rings. The maximum absolute atomic E-state index is 13.3. The van der Waals surface area contributed by atoms with Gasteiger partial charge >= 0.3 is 0 Å². The van der Waals surface area contributed by atoms with Gasteiger partial charge in [-0.25, -0.2) is 24.2 Å². The van der Waals surface area contributed by atoms with Crippen molar-refractivity contribution < 1.29 is 8.78 Å². The van der Waals surface area contributed by atoms with Crippen molar-refractivity contribution in [2.24, 2.45) is 19.2 Å². The average molecular weight is 304 g/mol. The van der Waals surface area contributed by atoms with Crippen molar-refractivity contribution in [2.75, 3.05) is 5.43 Å². The number of rotatable bonds is 3. The third kappa shape index (κ3) is 2.43. The molecule has 0 radical (unpaired) electrons. The number of hydrogen-bond acceptors (Lipinski definition) is 4. The summed E-state index contributed by atoms with van der Waals surface area (Å²) in [6.07, 6.45) is 3.51. The minimum atomic E-state index is -0.926. The number of anilines is 1. The minimum Gasteiger partial charge on any atom is -0.340 e. The second kappa shape index (κ2) is 5.21. The van der Waals surface area contributed by atoms with Crippen molar-refractivity contribution in [3.8, 4) is 0 Å². The topological polar surface area (TPSA) is 60.0 Å². The zero-order chi connectivity index (χ0) is 15.9. The van der Waals surface area contributed by atoms with Crippen LogP contribution in [0.15, 0.2) is 29.8 Å². The molecule has 1 N–H and O–H groups in total. The van der Waals surface area contributed by atoms with Crippen LogP contribution in [0, 0.1) is 11.6 Å². The molecule has 22 heavy (non-hydrogen) atoms. The first-order chi connectivity index (χ1) is 10.5. The number of fused-ring (bicyclic) bond motifs is 1. The van der Waals surface area contributed by atoms with E-state index in [0.717, 1.165) is 17.8 Å². The highest BCUT2D eigenvalue weighted by Gasteiger charge is 2.12. The van der Waals surface area contributed by atoms with Crippen LogP contribution < -0.4 is 5.43 Å². The van der Waals surface area contributed by atoms with E-state index in [4.69, 9.17) is 0 Å². The molecular formula is C14H14F2N6. The van der Waals surface area contributed by atoms with Crippen LogP contribution in [0.25, 0.3) is 11.0 Å². The highest BCUT2D eigenvalue weighted by molar-refractivity contribution is 5.97. The van der Waals surface area contributed by atoms with E-state index in [1.165, 1.54) is 0 Å². The van der Waals surface area contributed by atoms with Gasteiger partial charge in [0, 0.05) is 32.4 Å². The van der Waals surface area contributed by atoms with Crippen molar-refractivity contribution in [1.82, 2.24) is 19.1 Å². The summed E-state index contributed by atoms with van der Waals surface area (Å²) in [6, 6.07) is 2.17. The Labute approximate surface area is 125 Å². The summed E-state index contributed by atoms with van der Waals surface area (Å²) in [4.78, 5) is 8.38. The predicted molar refractivity (Wildman–Crippen MR) is 79.7 cm³/mol. The van der Waals surface area contributed by atoms with Crippen LogP contribution in [0.1, 0.15) is 12.6 Å². The number of aryl methyl sites for hydroxylation is 2. The normalized spacial score (nSPS) is 12.1. The first kappa shape index (κ1) is 14.2. The van der Waals surface area contributed by atoms with Crippen molar-refractivity contribution in [2.45, 2.75) is 6.92 Å². The Morgan fingerprint density at radius 1 is 1.23 bits per heavy atom. The summed E-state index contributed by atoms with van der Waals surface area (Å²) in [5.74, 6) is -1.45. The average Bonchev–Trinajstić information content (AvgIpc) is 3.03. The lowest BCUT2D eigenvalue weighted by molar-refractivity contribution is 0.510. The number of benzene rings is 1. The number of hydrazone groups is 1. The molecular weight excluding hydrogens is 290 g/mol. The second-order valence-corrected chi connectivity index (χ2v) is 4.98. The van der Waals surface area contributed by atoms with Gasteiger partial charge in [0.05, 0.1) is 23.1 Å². The molecule has 6 nitrogen and oxygen atoms in total. The maximum Gasteiger partial charge on any atom is 0.224 e. The quantitative estimate of drug-likeness (QED) is 0.597. The molecule has 0 saturated carbocycles. The summed E-state index contributed by atoms with van der Waals surface area (Å²) < 4.78 is 30.0. The van der Waals surface area contributed by atoms with Gasteiger partial charge in [0.1, 0.15) is 5.69 Å². The molecule has 3 rings (SSSR count). The van der Waals surface area contributed by atoms with Crippen LogP contribution in [-0.4, -0.2) is 24.8 Å². The number of hydrogen-bond donors (Lipinski definition) is 1. The second-order valence-electron chi connectivity index (χ2n) is 4.98. The van der Waals surface area contributed by atoms with Gasteiger partial charge in [0.25, 0.3) is 0 Å². The molecule has 3 aromatic rings. The fourth-order valence-corrected chi connectivity index (χ4v) is 2.08. The Balaban J connectivity index is 1.92. The molecule has 114 valence electrons. The van der Waals surface area contributed by atoms with Gasteiger partial charge < -0.3 is 9.13 Å². The summed E-state index contributed by atoms with van der Waals surface area (Å²) in [5.41, 5.74) is 5.03. The van der Waals surface area contributed by atoms with Gasteiger partial charge in [-0.3, -0.25) is 0 Å². The highest BCUT2D eigenvalue weighted by Crippen LogP contribution is 2.21. The predicted octanol–water partition coefficient (Wildman–Crippen LogP) is 2.42. The summed E-state index contributed by atoms with van der Waals surface area (Å²) >= 11 is 0. The molecule has 0 bridgehead atoms. The molecule has 0 saturated heterocycles. The van der Waals surface area contributed by atoms with E-state index < -0.39 is 11.6 Å². The van der Waals surface area contributed by atoms with E-state index in [0.29, 0.717) is 22.7 Å². The van der Waals surface area contributed by atoms with Gasteiger partial charge in [-0.1, -0.05) is 0 Å². The van der Waals surface area contributed by atoms with Crippen molar-refractivity contribution in [1.29, 1.82) is 0 Å². The van der Waals surface area contributed by atoms with E-state index >= 15 is 0 Å². The molecule has 2 heterocycles. The van der Waals surface area contributed by atoms with Crippen molar-refractivity contribution in [3.05, 3.63) is 42.0 Å². The van der Waals surface area contributed by atoms with Crippen molar-refractivity contribution in [3.63, 3.8) is 0 Å². The van der Waals surface area contributed by atoms with E-state index in [2.05, 4.69) is 20.5 Å². The van der Waals surface area contributed by atoms with E-state index in [-0.39, 0.29) is 0 Å². The Bertz CT molecular complexity index is 877. The Hall–Kier alpha value is -2.77. The van der Waals surface area contributed by atoms with Crippen LogP contribution >= 0.6 is 0 Å². The molecule has 0 aliphatic rings. The molecule has 0 atom stereocenters. The Morgan fingerprint density at radius 3 is 2.64 bits per heavy atom. The third-order valence-electron chi connectivity index (χ3n) is 3.32. The molecule has 0 amide bonds. The molecule has 0 aliphatic carbocycles. The monoisotopic (exact) mass is 304 g/mol. The van der Waals surface area contributed by atoms with E-state index in [9.17, 15) is 8.78 Å². The van der Waals surface area contributed by atoms with Crippen LogP contribution in [0.5, 0.6) is 0 Å². The Kier molecular flexibility index (Phi) is 3.36. The standard InChI is InChI=1S/C14H14F2N6/c1-8(12-6-21(2)7-17-12)19-20-14-18-11-4-9(15)10(16)5-13(11)22(14)3/h4-7H,1-3H3,(H,18,20)/b19-8+. The number of aromatic nitrogens is 4. The van der Waals surface area contributed by atoms with Gasteiger partial charge in [-0.05, 0) is 6.92 Å². The number of nitrogens with zero attached hydrogens (tertiary/aromatic N) is 5. The maximum atomic E-state index is 13.3. The van der Waals surface area contributed by atoms with Gasteiger partial charge in [-0.2, -0.15) is 5.10 Å². The fraction of sp³-hybridized carbons (Fsp3) is 0.214. The highest BCUT2D eigenvalue weighted by atomic mass is 19.2. The number of halogens is 2. The van der Waals surface area contributed by atoms with Gasteiger partial charge in [0.15, 0.2) is 11.6 Å². The lowest BCUT2D eigenvalue weighted by atomic mass is 10.3. The first-order valence-electron chi connectivity index (χ1n) is 6.56. The summed E-state index contributed by atoms with van der Waals surface area (Å²) in [7, 11) is 3.56. The fourth-order valence-electron chi connectivity index (χ4n) is 2.08. The first-order valence-corrected chi connectivity index (χ1v) is 6.56. The molecule has 8 heteroatoms. The van der Waals surface area contributed by atoms with Crippen LogP contribution in [0.3, 0.4) is 0 Å². The molecule has 2 aromatic heterocycles.